The lowest BCUT2D eigenvalue weighted by Crippen LogP contribution is -2.59. The van der Waals surface area contributed by atoms with Gasteiger partial charge in [0.15, 0.2) is 0 Å². The Balaban J connectivity index is 1.98. The Morgan fingerprint density at radius 1 is 0.878 bits per heavy atom. The zero-order valence-electron chi connectivity index (χ0n) is 28.6. The van der Waals surface area contributed by atoms with Gasteiger partial charge in [-0.1, -0.05) is 40.5 Å². The lowest BCUT2D eigenvalue weighted by molar-refractivity contribution is -0.143. The van der Waals surface area contributed by atoms with Crippen molar-refractivity contribution in [1.29, 1.82) is 0 Å². The smallest absolute Gasteiger partial charge is 0.326 e. The molecule has 0 aromatic carbocycles. The van der Waals surface area contributed by atoms with Gasteiger partial charge in [0.2, 0.25) is 41.4 Å². The molecule has 1 aliphatic rings. The minimum atomic E-state index is -1.28. The Labute approximate surface area is 284 Å². The van der Waals surface area contributed by atoms with E-state index in [2.05, 4.69) is 41.9 Å². The Hall–Kier alpha value is -5.03. The van der Waals surface area contributed by atoms with Gasteiger partial charge in [-0.25, -0.2) is 9.78 Å². The number of rotatable bonds is 19. The Kier molecular flexibility index (Phi) is 16.1. The summed E-state index contributed by atoms with van der Waals surface area (Å²) >= 11 is 0. The van der Waals surface area contributed by atoms with E-state index in [0.717, 1.165) is 0 Å². The zero-order valence-corrected chi connectivity index (χ0v) is 28.6. The molecule has 6 atom stereocenters. The molecule has 0 bridgehead atoms. The topological polar surface area (TPSA) is 261 Å². The van der Waals surface area contributed by atoms with Crippen LogP contribution in [-0.2, 0) is 44.8 Å². The average Bonchev–Trinajstić information content (AvgIpc) is 3.78. The van der Waals surface area contributed by atoms with Crippen molar-refractivity contribution in [3.63, 3.8) is 0 Å². The number of H-pyrrole nitrogens is 1. The van der Waals surface area contributed by atoms with Crippen LogP contribution in [0.2, 0.25) is 0 Å². The van der Waals surface area contributed by atoms with Gasteiger partial charge in [0, 0.05) is 26.1 Å². The van der Waals surface area contributed by atoms with Crippen molar-refractivity contribution in [2.75, 3.05) is 26.2 Å². The largest absolute Gasteiger partial charge is 0.480 e. The maximum atomic E-state index is 13.7. The SMILES string of the molecule is CC[C@H](C)[C@H](NC(=O)[C@@H]1CCCN1C(=O)[C@@H](NC(=O)CNC(C)=O)[C@@H](C)CC)C(=O)NCC(=O)NCC(=O)N[C@@H](Cc1c[nH]cn1)C(=O)O. The van der Waals surface area contributed by atoms with Gasteiger partial charge >= 0.3 is 5.97 Å². The lowest BCUT2D eigenvalue weighted by Gasteiger charge is -2.32. The number of aromatic nitrogens is 2. The number of nitrogens with one attached hydrogen (secondary N) is 7. The number of likely N-dealkylation sites (tertiary alicyclic amines) is 1. The molecule has 0 unspecified atom stereocenters. The molecular weight excluding hydrogens is 642 g/mol. The number of carboxylic acids is 1. The molecule has 0 spiro atoms. The van der Waals surface area contributed by atoms with Gasteiger partial charge < -0.3 is 46.9 Å². The van der Waals surface area contributed by atoms with E-state index in [1.807, 2.05) is 13.8 Å². The van der Waals surface area contributed by atoms with Gasteiger partial charge in [0.25, 0.3) is 0 Å². The number of hydrogen-bond donors (Lipinski definition) is 8. The summed E-state index contributed by atoms with van der Waals surface area (Å²) in [5, 5.41) is 24.3. The van der Waals surface area contributed by atoms with Crippen molar-refractivity contribution >= 4 is 47.3 Å². The summed E-state index contributed by atoms with van der Waals surface area (Å²) in [7, 11) is 0. The van der Waals surface area contributed by atoms with Gasteiger partial charge in [0.1, 0.15) is 24.2 Å². The number of hydrogen-bond acceptors (Lipinski definition) is 9. The molecular formula is C31H49N9O9. The molecule has 2 rings (SSSR count). The summed E-state index contributed by atoms with van der Waals surface area (Å²) < 4.78 is 0. The van der Waals surface area contributed by atoms with Crippen LogP contribution in [0.25, 0.3) is 0 Å². The lowest BCUT2D eigenvalue weighted by atomic mass is 9.96. The van der Waals surface area contributed by atoms with Gasteiger partial charge in [-0.3, -0.25) is 33.6 Å². The summed E-state index contributed by atoms with van der Waals surface area (Å²) in [5.74, 6) is -5.96. The summed E-state index contributed by atoms with van der Waals surface area (Å²) in [5.41, 5.74) is 0.425. The molecule has 1 fully saturated rings. The maximum absolute atomic E-state index is 13.7. The van der Waals surface area contributed by atoms with Crippen LogP contribution in [0.4, 0.5) is 0 Å². The van der Waals surface area contributed by atoms with E-state index < -0.39 is 84.6 Å². The van der Waals surface area contributed by atoms with Crippen molar-refractivity contribution in [1.82, 2.24) is 46.8 Å². The molecule has 18 nitrogen and oxygen atoms in total. The van der Waals surface area contributed by atoms with E-state index in [1.54, 1.807) is 13.8 Å². The molecule has 49 heavy (non-hydrogen) atoms. The average molecular weight is 692 g/mol. The second-order valence-corrected chi connectivity index (χ2v) is 12.1. The van der Waals surface area contributed by atoms with E-state index in [1.165, 1.54) is 24.3 Å². The highest BCUT2D eigenvalue weighted by molar-refractivity contribution is 5.96. The number of aromatic amines is 1. The van der Waals surface area contributed by atoms with Gasteiger partial charge in [-0.05, 0) is 24.7 Å². The highest BCUT2D eigenvalue weighted by Gasteiger charge is 2.40. The summed E-state index contributed by atoms with van der Waals surface area (Å²) in [6.07, 6.45) is 4.73. The molecule has 1 aromatic rings. The third kappa shape index (κ3) is 12.8. The van der Waals surface area contributed by atoms with Crippen LogP contribution < -0.4 is 31.9 Å². The fourth-order valence-electron chi connectivity index (χ4n) is 5.12. The number of imidazole rings is 1. The standard InChI is InChI=1S/C31H49N9O9/c1-6-17(3)26(29(46)35-13-23(42)34-15-24(43)37-21(31(48)49)11-20-12-32-16-36-20)39-28(45)22-9-8-10-40(22)30(47)27(18(4)7-2)38-25(44)14-33-19(5)41/h12,16-18,21-22,26-27H,6-11,13-15H2,1-5H3,(H,32,36)(H,33,41)(H,34,42)(H,35,46)(H,37,43)(H,38,44)(H,39,45)(H,48,49)/t17-,18-,21-,22-,26-,27-/m0/s1. The summed E-state index contributed by atoms with van der Waals surface area (Å²) in [6.45, 7) is 7.42. The van der Waals surface area contributed by atoms with Gasteiger partial charge in [-0.2, -0.15) is 0 Å². The number of carbonyl (C=O) groups excluding carboxylic acids is 7. The van der Waals surface area contributed by atoms with E-state index >= 15 is 0 Å². The molecule has 0 radical (unpaired) electrons. The predicted octanol–water partition coefficient (Wildman–Crippen LogP) is -2.06. The van der Waals surface area contributed by atoms with E-state index in [0.29, 0.717) is 31.4 Å². The minimum Gasteiger partial charge on any atom is -0.480 e. The minimum absolute atomic E-state index is 0.0704. The van der Waals surface area contributed by atoms with Gasteiger partial charge in [-0.15, -0.1) is 0 Å². The van der Waals surface area contributed by atoms with E-state index in [-0.39, 0.29) is 31.3 Å². The molecule has 2 heterocycles. The molecule has 7 amide bonds. The first kappa shape index (κ1) is 40.1. The number of carboxylic acid groups (broad SMARTS) is 1. The monoisotopic (exact) mass is 691 g/mol. The van der Waals surface area contributed by atoms with Crippen LogP contribution in [0.1, 0.15) is 66.0 Å². The first-order valence-corrected chi connectivity index (χ1v) is 16.4. The summed E-state index contributed by atoms with van der Waals surface area (Å²) in [4.78, 5) is 108. The van der Waals surface area contributed by atoms with Crippen LogP contribution in [0.5, 0.6) is 0 Å². The second-order valence-electron chi connectivity index (χ2n) is 12.1. The predicted molar refractivity (Wildman–Crippen MR) is 174 cm³/mol. The second kappa shape index (κ2) is 19.7. The fraction of sp³-hybridized carbons (Fsp3) is 0.645. The van der Waals surface area contributed by atoms with Crippen molar-refractivity contribution < 1.29 is 43.5 Å². The Morgan fingerprint density at radius 3 is 2.08 bits per heavy atom. The van der Waals surface area contributed by atoms with Crippen LogP contribution >= 0.6 is 0 Å². The zero-order chi connectivity index (χ0) is 36.7. The molecule has 1 aliphatic heterocycles. The highest BCUT2D eigenvalue weighted by atomic mass is 16.4. The van der Waals surface area contributed by atoms with Crippen molar-refractivity contribution in [2.45, 2.75) is 90.9 Å². The number of nitrogens with zero attached hydrogens (tertiary/aromatic N) is 2. The third-order valence-corrected chi connectivity index (χ3v) is 8.40. The number of amides is 7. The number of aliphatic carboxylic acids is 1. The number of carbonyl (C=O) groups is 8. The van der Waals surface area contributed by atoms with Crippen LogP contribution in [-0.4, -0.2) is 118 Å². The first-order chi connectivity index (χ1) is 23.2. The van der Waals surface area contributed by atoms with Crippen LogP contribution in [0.15, 0.2) is 12.5 Å². The van der Waals surface area contributed by atoms with Crippen molar-refractivity contribution in [2.24, 2.45) is 11.8 Å². The molecule has 272 valence electrons. The van der Waals surface area contributed by atoms with Crippen molar-refractivity contribution in [3.05, 3.63) is 18.2 Å². The third-order valence-electron chi connectivity index (χ3n) is 8.40. The molecule has 8 N–H and O–H groups in total. The van der Waals surface area contributed by atoms with E-state index in [9.17, 15) is 43.5 Å². The fourth-order valence-corrected chi connectivity index (χ4v) is 5.12. The Morgan fingerprint density at radius 2 is 1.49 bits per heavy atom. The van der Waals surface area contributed by atoms with Crippen LogP contribution in [0.3, 0.4) is 0 Å². The first-order valence-electron chi connectivity index (χ1n) is 16.4. The molecule has 0 saturated carbocycles. The molecule has 1 aromatic heterocycles. The van der Waals surface area contributed by atoms with E-state index in [4.69, 9.17) is 0 Å². The highest BCUT2D eigenvalue weighted by Crippen LogP contribution is 2.22. The molecule has 18 heteroatoms. The van der Waals surface area contributed by atoms with Crippen molar-refractivity contribution in [3.8, 4) is 0 Å². The van der Waals surface area contributed by atoms with Crippen LogP contribution in [0, 0.1) is 11.8 Å². The Bertz CT molecular complexity index is 1340. The normalized spacial score (nSPS) is 17.0. The molecule has 0 aliphatic carbocycles. The molecule has 1 saturated heterocycles. The quantitative estimate of drug-likeness (QED) is 0.0787. The summed E-state index contributed by atoms with van der Waals surface area (Å²) in [6, 6.07) is -4.14. The maximum Gasteiger partial charge on any atom is 0.326 e. The van der Waals surface area contributed by atoms with Gasteiger partial charge in [0.05, 0.1) is 31.7 Å².